The molecule has 174 valence electrons. The van der Waals surface area contributed by atoms with E-state index in [9.17, 15) is 13.2 Å². The van der Waals surface area contributed by atoms with Crippen molar-refractivity contribution in [2.75, 3.05) is 25.5 Å². The molecule has 0 aliphatic carbocycles. The molecule has 0 bridgehead atoms. The number of nitrogens with one attached hydrogen (secondary N) is 1. The van der Waals surface area contributed by atoms with Crippen LogP contribution < -0.4 is 10.1 Å². The molecule has 1 N–H and O–H groups in total. The average Bonchev–Trinajstić information content (AvgIpc) is 3.26. The second-order valence-electron chi connectivity index (χ2n) is 8.09. The topological polar surface area (TPSA) is 115 Å². The van der Waals surface area contributed by atoms with Crippen LogP contribution in [0, 0.1) is 5.92 Å². The van der Waals surface area contributed by atoms with Gasteiger partial charge in [-0.05, 0) is 60.7 Å². The Balaban J connectivity index is 1.38. The quantitative estimate of drug-likeness (QED) is 0.563. The van der Waals surface area contributed by atoms with E-state index in [2.05, 4.69) is 22.4 Å². The van der Waals surface area contributed by atoms with Gasteiger partial charge in [-0.2, -0.15) is 4.31 Å². The second kappa shape index (κ2) is 9.72. The number of benzene rings is 2. The SMILES string of the molecule is COc1ccc(Cc2nnc(NC(=O)c3ccc(S(=O)(=O)N4CCC(C)CC4)cc3)o2)cc1. The van der Waals surface area contributed by atoms with Gasteiger partial charge >= 0.3 is 6.01 Å². The highest BCUT2D eigenvalue weighted by atomic mass is 32.2. The smallest absolute Gasteiger partial charge is 0.322 e. The van der Waals surface area contributed by atoms with Gasteiger partial charge in [-0.1, -0.05) is 24.2 Å². The number of ether oxygens (including phenoxy) is 1. The zero-order valence-electron chi connectivity index (χ0n) is 18.5. The van der Waals surface area contributed by atoms with E-state index in [-0.39, 0.29) is 16.5 Å². The van der Waals surface area contributed by atoms with Crippen LogP contribution in [0.1, 0.15) is 41.6 Å². The molecule has 0 atom stereocenters. The molecule has 10 heteroatoms. The first-order valence-corrected chi connectivity index (χ1v) is 12.2. The summed E-state index contributed by atoms with van der Waals surface area (Å²) >= 11 is 0. The second-order valence-corrected chi connectivity index (χ2v) is 10.0. The van der Waals surface area contributed by atoms with Gasteiger partial charge in [0.1, 0.15) is 5.75 Å². The molecule has 0 saturated carbocycles. The van der Waals surface area contributed by atoms with Gasteiger partial charge in [0.2, 0.25) is 15.9 Å². The highest BCUT2D eigenvalue weighted by Gasteiger charge is 2.28. The van der Waals surface area contributed by atoms with Crippen molar-refractivity contribution < 1.29 is 22.4 Å². The summed E-state index contributed by atoms with van der Waals surface area (Å²) in [6, 6.07) is 13.3. The van der Waals surface area contributed by atoms with Crippen LogP contribution in [-0.2, 0) is 16.4 Å². The summed E-state index contributed by atoms with van der Waals surface area (Å²) in [6.45, 7) is 3.16. The third-order valence-corrected chi connectivity index (χ3v) is 7.61. The zero-order chi connectivity index (χ0) is 23.4. The lowest BCUT2D eigenvalue weighted by molar-refractivity contribution is 0.102. The molecule has 1 amide bonds. The van der Waals surface area contributed by atoms with E-state index in [0.717, 1.165) is 24.2 Å². The minimum Gasteiger partial charge on any atom is -0.497 e. The van der Waals surface area contributed by atoms with E-state index < -0.39 is 15.9 Å². The van der Waals surface area contributed by atoms with Crippen molar-refractivity contribution >= 4 is 21.9 Å². The third kappa shape index (κ3) is 5.40. The maximum atomic E-state index is 12.8. The summed E-state index contributed by atoms with van der Waals surface area (Å²) in [5.74, 6) is 1.17. The molecule has 9 nitrogen and oxygen atoms in total. The summed E-state index contributed by atoms with van der Waals surface area (Å²) in [6.07, 6.45) is 2.11. The fourth-order valence-electron chi connectivity index (χ4n) is 3.62. The molecule has 33 heavy (non-hydrogen) atoms. The number of hydrogen-bond donors (Lipinski definition) is 1. The molecule has 1 saturated heterocycles. The number of amides is 1. The lowest BCUT2D eigenvalue weighted by Crippen LogP contribution is -2.37. The molecule has 0 spiro atoms. The first-order chi connectivity index (χ1) is 15.8. The standard InChI is InChI=1S/C23H26N4O5S/c1-16-11-13-27(14-12-16)33(29,30)20-9-5-18(6-10-20)22(28)24-23-26-25-21(32-23)15-17-3-7-19(31-2)8-4-17/h3-10,16H,11-15H2,1-2H3,(H,24,26,28). The van der Waals surface area contributed by atoms with Crippen LogP contribution in [0.4, 0.5) is 6.01 Å². The Bertz CT molecular complexity index is 1200. The van der Waals surface area contributed by atoms with Gasteiger partial charge in [-0.25, -0.2) is 8.42 Å². The van der Waals surface area contributed by atoms with Gasteiger partial charge in [-0.15, -0.1) is 5.10 Å². The van der Waals surface area contributed by atoms with Gasteiger partial charge in [0.25, 0.3) is 5.91 Å². The molecule has 1 aliphatic rings. The molecule has 4 rings (SSSR count). The molecule has 1 fully saturated rings. The van der Waals surface area contributed by atoms with E-state index >= 15 is 0 Å². The fourth-order valence-corrected chi connectivity index (χ4v) is 5.09. The number of sulfonamides is 1. The summed E-state index contributed by atoms with van der Waals surface area (Å²) < 4.78 is 37.8. The highest BCUT2D eigenvalue weighted by Crippen LogP contribution is 2.24. The number of methoxy groups -OCH3 is 1. The molecule has 2 aromatic carbocycles. The Morgan fingerprint density at radius 1 is 1.09 bits per heavy atom. The molecule has 0 unspecified atom stereocenters. The van der Waals surface area contributed by atoms with Gasteiger partial charge in [-0.3, -0.25) is 10.1 Å². The van der Waals surface area contributed by atoms with Crippen molar-refractivity contribution in [3.8, 4) is 5.75 Å². The molecule has 1 aliphatic heterocycles. The van der Waals surface area contributed by atoms with Crippen molar-refractivity contribution in [3.05, 3.63) is 65.5 Å². The molecule has 2 heterocycles. The lowest BCUT2D eigenvalue weighted by atomic mass is 10.0. The maximum Gasteiger partial charge on any atom is 0.322 e. The molecule has 1 aromatic heterocycles. The monoisotopic (exact) mass is 470 g/mol. The number of aromatic nitrogens is 2. The number of carbonyl (C=O) groups excluding carboxylic acids is 1. The number of carbonyl (C=O) groups is 1. The largest absolute Gasteiger partial charge is 0.497 e. The van der Waals surface area contributed by atoms with E-state index in [1.54, 1.807) is 7.11 Å². The highest BCUT2D eigenvalue weighted by molar-refractivity contribution is 7.89. The molecule has 0 radical (unpaired) electrons. The van der Waals surface area contributed by atoms with Crippen LogP contribution in [0.2, 0.25) is 0 Å². The fraction of sp³-hybridized carbons (Fsp3) is 0.348. The van der Waals surface area contributed by atoms with Gasteiger partial charge in [0.05, 0.1) is 18.4 Å². The number of anilines is 1. The van der Waals surface area contributed by atoms with Crippen molar-refractivity contribution in [2.45, 2.75) is 31.1 Å². The van der Waals surface area contributed by atoms with E-state index in [0.29, 0.717) is 31.3 Å². The summed E-state index contributed by atoms with van der Waals surface area (Å²) in [5.41, 5.74) is 1.24. The minimum absolute atomic E-state index is 0.0253. The maximum absolute atomic E-state index is 12.8. The predicted octanol–water partition coefficient (Wildman–Crippen LogP) is 3.34. The third-order valence-electron chi connectivity index (χ3n) is 5.70. The van der Waals surface area contributed by atoms with E-state index in [1.807, 2.05) is 24.3 Å². The van der Waals surface area contributed by atoms with Crippen molar-refractivity contribution in [3.63, 3.8) is 0 Å². The molecule has 3 aromatic rings. The Hall–Kier alpha value is -3.24. The lowest BCUT2D eigenvalue weighted by Gasteiger charge is -2.29. The normalized spacial score (nSPS) is 15.3. The minimum atomic E-state index is -3.56. The van der Waals surface area contributed by atoms with Crippen molar-refractivity contribution in [1.29, 1.82) is 0 Å². The van der Waals surface area contributed by atoms with Crippen LogP contribution in [0.3, 0.4) is 0 Å². The Morgan fingerprint density at radius 3 is 2.39 bits per heavy atom. The number of nitrogens with zero attached hydrogens (tertiary/aromatic N) is 3. The van der Waals surface area contributed by atoms with E-state index in [1.165, 1.54) is 28.6 Å². The van der Waals surface area contributed by atoms with Crippen LogP contribution in [0.25, 0.3) is 0 Å². The Labute approximate surface area is 192 Å². The first kappa shape index (κ1) is 22.9. The number of hydrogen-bond acceptors (Lipinski definition) is 7. The van der Waals surface area contributed by atoms with Crippen LogP contribution in [-0.4, -0.2) is 49.0 Å². The van der Waals surface area contributed by atoms with Crippen LogP contribution >= 0.6 is 0 Å². The number of rotatable bonds is 7. The van der Waals surface area contributed by atoms with Crippen LogP contribution in [0.5, 0.6) is 5.75 Å². The molecular weight excluding hydrogens is 444 g/mol. The average molecular weight is 471 g/mol. The van der Waals surface area contributed by atoms with Gasteiger partial charge in [0, 0.05) is 18.7 Å². The first-order valence-electron chi connectivity index (χ1n) is 10.7. The van der Waals surface area contributed by atoms with Crippen molar-refractivity contribution in [1.82, 2.24) is 14.5 Å². The Kier molecular flexibility index (Phi) is 6.75. The predicted molar refractivity (Wildman–Crippen MR) is 122 cm³/mol. The zero-order valence-corrected chi connectivity index (χ0v) is 19.3. The summed E-state index contributed by atoms with van der Waals surface area (Å²) in [4.78, 5) is 12.7. The summed E-state index contributed by atoms with van der Waals surface area (Å²) in [7, 11) is -1.96. The Morgan fingerprint density at radius 2 is 1.76 bits per heavy atom. The van der Waals surface area contributed by atoms with Crippen LogP contribution in [0.15, 0.2) is 57.8 Å². The summed E-state index contributed by atoms with van der Waals surface area (Å²) in [5, 5.41) is 10.4. The molecular formula is C23H26N4O5S. The van der Waals surface area contributed by atoms with Crippen molar-refractivity contribution in [2.24, 2.45) is 5.92 Å². The van der Waals surface area contributed by atoms with Gasteiger partial charge < -0.3 is 9.15 Å². The van der Waals surface area contributed by atoms with E-state index in [4.69, 9.17) is 9.15 Å². The van der Waals surface area contributed by atoms with Gasteiger partial charge in [0.15, 0.2) is 0 Å². The number of piperidine rings is 1.